The lowest BCUT2D eigenvalue weighted by Crippen LogP contribution is -2.15. The molecule has 0 atom stereocenters. The van der Waals surface area contributed by atoms with E-state index >= 15 is 0 Å². The third kappa shape index (κ3) is 7.88. The fourth-order valence-corrected chi connectivity index (χ4v) is 17.9. The Morgan fingerprint density at radius 3 is 1.42 bits per heavy atom. The molecule has 0 fully saturated rings. The number of hydrogen-bond acceptors (Lipinski definition) is 3. The first kappa shape index (κ1) is 56.2. The predicted molar refractivity (Wildman–Crippen MR) is 418 cm³/mol. The fourth-order valence-electron chi connectivity index (χ4n) is 17.9. The summed E-state index contributed by atoms with van der Waals surface area (Å²) >= 11 is 0. The molecule has 7 nitrogen and oxygen atoms in total. The van der Waals surface area contributed by atoms with E-state index < -0.39 is 0 Å². The minimum Gasteiger partial charge on any atom is -0.456 e. The second kappa shape index (κ2) is 20.4. The summed E-state index contributed by atoms with van der Waals surface area (Å²) in [7, 11) is 0. The van der Waals surface area contributed by atoms with Gasteiger partial charge in [0.2, 0.25) is 5.95 Å². The Morgan fingerprint density at radius 2 is 0.703 bits per heavy atom. The maximum absolute atomic E-state index is 6.30. The zero-order valence-electron chi connectivity index (χ0n) is 56.0. The van der Waals surface area contributed by atoms with Gasteiger partial charge in [-0.1, -0.05) is 210 Å². The highest BCUT2D eigenvalue weighted by molar-refractivity contribution is 6.15. The number of fused-ring (bicyclic) bond motifs is 21. The van der Waals surface area contributed by atoms with Crippen molar-refractivity contribution in [3.63, 3.8) is 0 Å². The zero-order chi connectivity index (χ0) is 66.7. The molecular formula is C94H62N6O. The van der Waals surface area contributed by atoms with Gasteiger partial charge in [0, 0.05) is 87.7 Å². The van der Waals surface area contributed by atoms with E-state index in [4.69, 9.17) is 14.4 Å². The lowest BCUT2D eigenvalue weighted by atomic mass is 9.81. The van der Waals surface area contributed by atoms with Crippen LogP contribution < -0.4 is 0 Å². The Bertz CT molecular complexity index is 7020. The van der Waals surface area contributed by atoms with Gasteiger partial charge in [0.05, 0.1) is 49.8 Å². The summed E-state index contributed by atoms with van der Waals surface area (Å²) in [6.45, 7) is 9.52. The summed E-state index contributed by atoms with van der Waals surface area (Å²) in [6.07, 6.45) is 0. The van der Waals surface area contributed by atoms with Gasteiger partial charge in [0.15, 0.2) is 0 Å². The normalized spacial score (nSPS) is 13.7. The van der Waals surface area contributed by atoms with Crippen molar-refractivity contribution in [2.75, 3.05) is 0 Å². The van der Waals surface area contributed by atoms with Crippen LogP contribution in [0.25, 0.3) is 188 Å². The molecule has 6 heterocycles. The second-order valence-electron chi connectivity index (χ2n) is 28.9. The van der Waals surface area contributed by atoms with E-state index in [-0.39, 0.29) is 10.8 Å². The highest BCUT2D eigenvalue weighted by atomic mass is 16.3. The first-order chi connectivity index (χ1) is 49.6. The molecule has 0 bridgehead atoms. The quantitative estimate of drug-likeness (QED) is 0.160. The van der Waals surface area contributed by atoms with E-state index in [9.17, 15) is 0 Å². The van der Waals surface area contributed by atoms with Crippen LogP contribution in [-0.2, 0) is 10.8 Å². The van der Waals surface area contributed by atoms with E-state index in [1.54, 1.807) is 0 Å². The van der Waals surface area contributed by atoms with Crippen molar-refractivity contribution in [1.82, 2.24) is 28.2 Å². The third-order valence-electron chi connectivity index (χ3n) is 22.8. The minimum atomic E-state index is -0.384. The maximum Gasteiger partial charge on any atom is 0.237 e. The molecule has 101 heavy (non-hydrogen) atoms. The molecule has 0 saturated heterocycles. The Balaban J connectivity index is 0.703. The molecule has 0 unspecified atom stereocenters. The Hall–Kier alpha value is -12.8. The van der Waals surface area contributed by atoms with Gasteiger partial charge in [-0.3, -0.25) is 9.13 Å². The van der Waals surface area contributed by atoms with Crippen molar-refractivity contribution in [3.8, 4) is 78.9 Å². The summed E-state index contributed by atoms with van der Waals surface area (Å²) < 4.78 is 15.9. The van der Waals surface area contributed by atoms with Crippen LogP contribution in [0.2, 0.25) is 0 Å². The van der Waals surface area contributed by atoms with Crippen LogP contribution in [-0.4, -0.2) is 28.2 Å². The van der Waals surface area contributed by atoms with Crippen molar-refractivity contribution in [3.05, 3.63) is 326 Å². The van der Waals surface area contributed by atoms with Crippen molar-refractivity contribution in [1.29, 1.82) is 0 Å². The van der Waals surface area contributed by atoms with Gasteiger partial charge in [0.25, 0.3) is 0 Å². The number of nitrogens with zero attached hydrogens (tertiary/aromatic N) is 6. The van der Waals surface area contributed by atoms with Gasteiger partial charge in [-0.2, -0.15) is 4.98 Å². The predicted octanol–water partition coefficient (Wildman–Crippen LogP) is 24.4. The van der Waals surface area contributed by atoms with Crippen LogP contribution >= 0.6 is 0 Å². The topological polar surface area (TPSA) is 58.6 Å². The fraction of sp³-hybridized carbons (Fsp3) is 0.0638. The Labute approximate surface area is 581 Å². The van der Waals surface area contributed by atoms with E-state index in [1.807, 2.05) is 12.1 Å². The highest BCUT2D eigenvalue weighted by Gasteiger charge is 2.38. The molecule has 0 radical (unpaired) electrons. The van der Waals surface area contributed by atoms with E-state index in [0.29, 0.717) is 5.95 Å². The van der Waals surface area contributed by atoms with Crippen molar-refractivity contribution >= 4 is 109 Å². The van der Waals surface area contributed by atoms with Crippen LogP contribution in [0.4, 0.5) is 0 Å². The first-order valence-electron chi connectivity index (χ1n) is 35.0. The van der Waals surface area contributed by atoms with Crippen LogP contribution in [0.3, 0.4) is 0 Å². The SMILES string of the molecule is CC1(C)c2cc(-c3cc(-n4c5ccccc5c5cc(-c6ccc7oc8ccccc8c7c6)ccc54)nc(-n4c5ccccc5c5cc6c(cc54)C(C)(C)c4ccccc4-6)n3)ccc2-c2ccc(-n3c4ccccc4c4ccc(-c5ccc6c(c5)c5ccccc5n6-c5ccccc5)cc43)cc21. The van der Waals surface area contributed by atoms with Gasteiger partial charge < -0.3 is 13.6 Å². The monoisotopic (exact) mass is 1290 g/mol. The van der Waals surface area contributed by atoms with Gasteiger partial charge in [0.1, 0.15) is 17.0 Å². The summed E-state index contributed by atoms with van der Waals surface area (Å²) in [6, 6.07) is 112. The van der Waals surface area contributed by atoms with Crippen molar-refractivity contribution in [2.24, 2.45) is 0 Å². The number of rotatable bonds is 7. The molecule has 7 heteroatoms. The van der Waals surface area contributed by atoms with Crippen LogP contribution in [0, 0.1) is 0 Å². The van der Waals surface area contributed by atoms with E-state index in [2.05, 4.69) is 337 Å². The maximum atomic E-state index is 6.30. The van der Waals surface area contributed by atoms with Crippen molar-refractivity contribution in [2.45, 2.75) is 38.5 Å². The van der Waals surface area contributed by atoms with Crippen LogP contribution in [0.15, 0.2) is 308 Å². The largest absolute Gasteiger partial charge is 0.456 e. The Kier molecular flexibility index (Phi) is 11.3. The summed E-state index contributed by atoms with van der Waals surface area (Å²) in [4.78, 5) is 11.6. The molecule has 474 valence electrons. The molecule has 0 saturated carbocycles. The summed E-state index contributed by atoms with van der Waals surface area (Å²) in [5.74, 6) is 1.40. The van der Waals surface area contributed by atoms with Gasteiger partial charge >= 0.3 is 0 Å². The molecular weight excluding hydrogens is 1230 g/mol. The molecule has 0 aliphatic heterocycles. The average Bonchev–Trinajstić information content (AvgIpc) is 1.55. The zero-order valence-corrected chi connectivity index (χ0v) is 56.0. The molecule has 2 aliphatic rings. The Morgan fingerprint density at radius 1 is 0.248 bits per heavy atom. The van der Waals surface area contributed by atoms with Gasteiger partial charge in [-0.15, -0.1) is 0 Å². The average molecular weight is 1290 g/mol. The summed E-state index contributed by atoms with van der Waals surface area (Å²) in [5.41, 5.74) is 29.2. The van der Waals surface area contributed by atoms with Gasteiger partial charge in [-0.25, -0.2) is 4.98 Å². The van der Waals surface area contributed by atoms with E-state index in [1.165, 1.54) is 105 Å². The highest BCUT2D eigenvalue weighted by Crippen LogP contribution is 2.54. The molecule has 22 rings (SSSR count). The number of aromatic nitrogens is 6. The van der Waals surface area contributed by atoms with Crippen molar-refractivity contribution < 1.29 is 4.42 Å². The smallest absolute Gasteiger partial charge is 0.237 e. The molecule has 14 aromatic carbocycles. The molecule has 0 N–H and O–H groups in total. The number of hydrogen-bond donors (Lipinski definition) is 0. The van der Waals surface area contributed by atoms with Gasteiger partial charge in [-0.05, 0) is 182 Å². The van der Waals surface area contributed by atoms with Crippen LogP contribution in [0.5, 0.6) is 0 Å². The molecule has 20 aromatic rings. The second-order valence-corrected chi connectivity index (χ2v) is 28.9. The molecule has 2 aliphatic carbocycles. The molecule has 0 spiro atoms. The minimum absolute atomic E-state index is 0.220. The molecule has 0 amide bonds. The third-order valence-corrected chi connectivity index (χ3v) is 22.8. The number of para-hydroxylation sites is 6. The number of benzene rings is 14. The standard InChI is InChI=1S/C94H62N6O/c1-93(2)76-28-14-8-22-62(76)71-52-74-68-26-12-18-32-84(68)100(88(74)53-79(71)93)92-95-80(54-91(96-92)99-83-31-17-11-25-67(83)73-46-55(37-44-86(73)99)57-38-45-90-75(48-57)70-27-13-19-33-89(70)101-90)59-35-40-63-64-42-39-61(51-78(64)94(3,4)77(63)49-59)98-81-29-15-9-23-65(81)69-41-34-58(50-87(69)98)56-36-43-85-72(47-56)66-24-10-16-30-82(66)97(85)60-20-6-5-7-21-60/h5-54H,1-4H3. The van der Waals surface area contributed by atoms with Crippen LogP contribution in [0.1, 0.15) is 49.9 Å². The number of furan rings is 1. The lowest BCUT2D eigenvalue weighted by Gasteiger charge is -2.23. The first-order valence-corrected chi connectivity index (χ1v) is 35.0. The summed E-state index contributed by atoms with van der Waals surface area (Å²) in [5, 5.41) is 11.8. The lowest BCUT2D eigenvalue weighted by molar-refractivity contribution is 0.660. The molecule has 6 aromatic heterocycles. The van der Waals surface area contributed by atoms with E-state index in [0.717, 1.165) is 99.7 Å².